The lowest BCUT2D eigenvalue weighted by atomic mass is 10.2. The molecule has 0 unspecified atom stereocenters. The summed E-state index contributed by atoms with van der Waals surface area (Å²) in [5, 5.41) is 8.75. The van der Waals surface area contributed by atoms with E-state index < -0.39 is 0 Å². The lowest BCUT2D eigenvalue weighted by Crippen LogP contribution is -1.82. The fourth-order valence-corrected chi connectivity index (χ4v) is 0.951. The van der Waals surface area contributed by atoms with Gasteiger partial charge in [0.05, 0.1) is 6.61 Å². The van der Waals surface area contributed by atoms with E-state index in [0.717, 1.165) is 23.5 Å². The van der Waals surface area contributed by atoms with Crippen LogP contribution < -0.4 is 0 Å². The molecular weight excluding hydrogens is 152 g/mol. The number of hydrogen-bond acceptors (Lipinski definition) is 2. The minimum absolute atomic E-state index is 0.0855. The molecule has 1 rings (SSSR count). The highest BCUT2D eigenvalue weighted by atomic mass is 16.3. The van der Waals surface area contributed by atoms with E-state index in [0.29, 0.717) is 0 Å². The van der Waals surface area contributed by atoms with Crippen LogP contribution in [0.3, 0.4) is 0 Å². The Kier molecular flexibility index (Phi) is 3.11. The summed E-state index contributed by atoms with van der Waals surface area (Å²) in [6.07, 6.45) is 2.76. The zero-order chi connectivity index (χ0) is 8.97. The van der Waals surface area contributed by atoms with Gasteiger partial charge < -0.3 is 9.52 Å². The molecule has 0 amide bonds. The maximum absolute atomic E-state index is 8.75. The fraction of sp³-hybridized carbons (Fsp3) is 0.400. The van der Waals surface area contributed by atoms with Gasteiger partial charge in [0.25, 0.3) is 0 Å². The first kappa shape index (κ1) is 9.07. The predicted octanol–water partition coefficient (Wildman–Crippen LogP) is 2.24. The van der Waals surface area contributed by atoms with Gasteiger partial charge in [-0.15, -0.1) is 0 Å². The number of hydrogen-bond donors (Lipinski definition) is 1. The van der Waals surface area contributed by atoms with E-state index >= 15 is 0 Å². The maximum atomic E-state index is 8.75. The van der Waals surface area contributed by atoms with E-state index in [1.165, 1.54) is 0 Å². The minimum atomic E-state index is 0.0855. The van der Waals surface area contributed by atoms with Crippen molar-refractivity contribution in [1.29, 1.82) is 0 Å². The molecule has 1 heterocycles. The average molecular weight is 166 g/mol. The Balaban J connectivity index is 2.76. The van der Waals surface area contributed by atoms with Crippen LogP contribution in [0.4, 0.5) is 0 Å². The fourth-order valence-electron chi connectivity index (χ4n) is 0.951. The first-order valence-electron chi connectivity index (χ1n) is 4.13. The summed E-state index contributed by atoms with van der Waals surface area (Å²) in [6.45, 7) is 4.00. The Labute approximate surface area is 72.5 Å². The highest BCUT2D eigenvalue weighted by molar-refractivity contribution is 5.47. The minimum Gasteiger partial charge on any atom is -0.462 e. The molecule has 0 fully saturated rings. The molecule has 0 bridgehead atoms. The Bertz CT molecular complexity index is 271. The molecule has 0 saturated carbocycles. The van der Waals surface area contributed by atoms with E-state index in [1.807, 2.05) is 32.1 Å². The van der Waals surface area contributed by atoms with E-state index in [2.05, 4.69) is 0 Å². The van der Waals surface area contributed by atoms with E-state index in [4.69, 9.17) is 9.52 Å². The van der Waals surface area contributed by atoms with Gasteiger partial charge in [0.1, 0.15) is 11.5 Å². The molecule has 2 nitrogen and oxygen atoms in total. The molecule has 0 aliphatic carbocycles. The average Bonchev–Trinajstić information content (AvgIpc) is 2.52. The summed E-state index contributed by atoms with van der Waals surface area (Å²) in [7, 11) is 0. The number of aliphatic hydroxyl groups excluding tert-OH is 1. The first-order valence-corrected chi connectivity index (χ1v) is 4.13. The summed E-state index contributed by atoms with van der Waals surface area (Å²) in [5.74, 6) is 1.80. The Hall–Kier alpha value is -1.02. The third-order valence-corrected chi connectivity index (χ3v) is 1.67. The highest BCUT2D eigenvalue weighted by Crippen LogP contribution is 2.11. The van der Waals surface area contributed by atoms with Crippen molar-refractivity contribution in [2.24, 2.45) is 0 Å². The largest absolute Gasteiger partial charge is 0.462 e. The molecule has 12 heavy (non-hydrogen) atoms. The van der Waals surface area contributed by atoms with Gasteiger partial charge in [-0.05, 0) is 30.7 Å². The second kappa shape index (κ2) is 4.12. The Morgan fingerprint density at radius 3 is 2.83 bits per heavy atom. The van der Waals surface area contributed by atoms with Crippen molar-refractivity contribution in [3.63, 3.8) is 0 Å². The van der Waals surface area contributed by atoms with Crippen molar-refractivity contribution in [3.05, 3.63) is 29.2 Å². The van der Waals surface area contributed by atoms with Crippen LogP contribution in [0.5, 0.6) is 0 Å². The highest BCUT2D eigenvalue weighted by Gasteiger charge is 1.96. The van der Waals surface area contributed by atoms with Gasteiger partial charge in [-0.3, -0.25) is 0 Å². The molecule has 0 radical (unpaired) electrons. The molecule has 1 aromatic rings. The molecule has 0 saturated heterocycles. The Morgan fingerprint density at radius 1 is 1.58 bits per heavy atom. The quantitative estimate of drug-likeness (QED) is 0.747. The van der Waals surface area contributed by atoms with Crippen LogP contribution in [-0.2, 0) is 6.42 Å². The van der Waals surface area contributed by atoms with Crippen molar-refractivity contribution in [2.45, 2.75) is 20.3 Å². The number of furan rings is 1. The number of aryl methyl sites for hydroxylation is 1. The molecule has 2 heteroatoms. The maximum Gasteiger partial charge on any atom is 0.127 e. The molecule has 0 aliphatic rings. The first-order chi connectivity index (χ1) is 5.76. The number of rotatable bonds is 3. The monoisotopic (exact) mass is 166 g/mol. The van der Waals surface area contributed by atoms with Crippen molar-refractivity contribution in [2.75, 3.05) is 6.61 Å². The third kappa shape index (κ3) is 2.24. The SMILES string of the molecule is CCc1ccc(/C=C(/C)CO)o1. The topological polar surface area (TPSA) is 33.4 Å². The van der Waals surface area contributed by atoms with Crippen molar-refractivity contribution in [3.8, 4) is 0 Å². The summed E-state index contributed by atoms with van der Waals surface area (Å²) in [5.41, 5.74) is 0.909. The summed E-state index contributed by atoms with van der Waals surface area (Å²) < 4.78 is 5.42. The van der Waals surface area contributed by atoms with Crippen LogP contribution in [0.15, 0.2) is 22.1 Å². The molecule has 0 spiro atoms. The van der Waals surface area contributed by atoms with E-state index in [-0.39, 0.29) is 6.61 Å². The lowest BCUT2D eigenvalue weighted by Gasteiger charge is -1.91. The summed E-state index contributed by atoms with van der Waals surface area (Å²) >= 11 is 0. The summed E-state index contributed by atoms with van der Waals surface area (Å²) in [4.78, 5) is 0. The second-order valence-corrected chi connectivity index (χ2v) is 2.81. The van der Waals surface area contributed by atoms with E-state index in [9.17, 15) is 0 Å². The lowest BCUT2D eigenvalue weighted by molar-refractivity contribution is 0.332. The molecule has 66 valence electrons. The van der Waals surface area contributed by atoms with Crippen LogP contribution in [0.25, 0.3) is 6.08 Å². The normalized spacial score (nSPS) is 12.1. The van der Waals surface area contributed by atoms with Gasteiger partial charge >= 0.3 is 0 Å². The smallest absolute Gasteiger partial charge is 0.127 e. The van der Waals surface area contributed by atoms with Gasteiger partial charge in [0.2, 0.25) is 0 Å². The standard InChI is InChI=1S/C10H14O2/c1-3-9-4-5-10(12-9)6-8(2)7-11/h4-6,11H,3,7H2,1-2H3/b8-6-. The molecule has 0 atom stereocenters. The van der Waals surface area contributed by atoms with Gasteiger partial charge in [0.15, 0.2) is 0 Å². The predicted molar refractivity (Wildman–Crippen MR) is 48.8 cm³/mol. The zero-order valence-corrected chi connectivity index (χ0v) is 7.50. The van der Waals surface area contributed by atoms with Gasteiger partial charge in [0, 0.05) is 6.42 Å². The van der Waals surface area contributed by atoms with E-state index in [1.54, 1.807) is 0 Å². The molecule has 0 aliphatic heterocycles. The van der Waals surface area contributed by atoms with Crippen LogP contribution in [0.1, 0.15) is 25.4 Å². The van der Waals surface area contributed by atoms with Crippen molar-refractivity contribution >= 4 is 6.08 Å². The van der Waals surface area contributed by atoms with Crippen LogP contribution in [0.2, 0.25) is 0 Å². The zero-order valence-electron chi connectivity index (χ0n) is 7.50. The van der Waals surface area contributed by atoms with Gasteiger partial charge in [-0.25, -0.2) is 0 Å². The van der Waals surface area contributed by atoms with Gasteiger partial charge in [-0.2, -0.15) is 0 Å². The molecule has 0 aromatic carbocycles. The van der Waals surface area contributed by atoms with Crippen molar-refractivity contribution < 1.29 is 9.52 Å². The summed E-state index contributed by atoms with van der Waals surface area (Å²) in [6, 6.07) is 3.87. The van der Waals surface area contributed by atoms with Crippen LogP contribution >= 0.6 is 0 Å². The van der Waals surface area contributed by atoms with Crippen molar-refractivity contribution in [1.82, 2.24) is 0 Å². The second-order valence-electron chi connectivity index (χ2n) is 2.81. The Morgan fingerprint density at radius 2 is 2.33 bits per heavy atom. The van der Waals surface area contributed by atoms with Gasteiger partial charge in [-0.1, -0.05) is 6.92 Å². The number of aliphatic hydroxyl groups is 1. The van der Waals surface area contributed by atoms with Crippen LogP contribution in [-0.4, -0.2) is 11.7 Å². The molecule has 1 N–H and O–H groups in total. The van der Waals surface area contributed by atoms with Crippen LogP contribution in [0, 0.1) is 0 Å². The third-order valence-electron chi connectivity index (χ3n) is 1.67. The molecular formula is C10H14O2. The molecule has 1 aromatic heterocycles.